The fourth-order valence-electron chi connectivity index (χ4n) is 3.20. The molecule has 1 aliphatic rings. The quantitative estimate of drug-likeness (QED) is 0.898. The average Bonchev–Trinajstić information content (AvgIpc) is 3.05. The van der Waals surface area contributed by atoms with Crippen molar-refractivity contribution < 1.29 is 14.7 Å². The van der Waals surface area contributed by atoms with Crippen LogP contribution in [0.5, 0.6) is 0 Å². The number of hydrogen-bond acceptors (Lipinski definition) is 4. The first-order chi connectivity index (χ1) is 11.5. The van der Waals surface area contributed by atoms with Crippen molar-refractivity contribution in [3.05, 3.63) is 58.9 Å². The van der Waals surface area contributed by atoms with E-state index >= 15 is 0 Å². The molecule has 0 radical (unpaired) electrons. The molecule has 1 fully saturated rings. The van der Waals surface area contributed by atoms with Gasteiger partial charge in [0.15, 0.2) is 0 Å². The number of amides is 1. The van der Waals surface area contributed by atoms with Crippen molar-refractivity contribution >= 4 is 17.6 Å². The smallest absolute Gasteiger partial charge is 0.335 e. The maximum Gasteiger partial charge on any atom is 0.335 e. The SMILES string of the molecule is Cc1ccc(C(=O)O)cc1C1CCN(c2cncc(C(N)=O)c2)C1. The number of nitrogens with zero attached hydrogens (tertiary/aromatic N) is 2. The molecule has 3 N–H and O–H groups in total. The highest BCUT2D eigenvalue weighted by atomic mass is 16.4. The molecule has 2 heterocycles. The number of carboxylic acids is 1. The lowest BCUT2D eigenvalue weighted by molar-refractivity contribution is 0.0696. The van der Waals surface area contributed by atoms with Gasteiger partial charge in [0.1, 0.15) is 0 Å². The van der Waals surface area contributed by atoms with Gasteiger partial charge >= 0.3 is 5.97 Å². The summed E-state index contributed by atoms with van der Waals surface area (Å²) in [7, 11) is 0. The number of carboxylic acid groups (broad SMARTS) is 1. The number of primary amides is 1. The summed E-state index contributed by atoms with van der Waals surface area (Å²) in [4.78, 5) is 28.7. The molecule has 0 aliphatic carbocycles. The van der Waals surface area contributed by atoms with Crippen LogP contribution in [0.15, 0.2) is 36.7 Å². The predicted molar refractivity (Wildman–Crippen MR) is 90.5 cm³/mol. The Morgan fingerprint density at radius 2 is 2.04 bits per heavy atom. The van der Waals surface area contributed by atoms with E-state index in [1.54, 1.807) is 24.4 Å². The van der Waals surface area contributed by atoms with Crippen molar-refractivity contribution in [3.63, 3.8) is 0 Å². The van der Waals surface area contributed by atoms with Crippen molar-refractivity contribution in [1.82, 2.24) is 4.98 Å². The first kappa shape index (κ1) is 16.0. The minimum atomic E-state index is -0.913. The molecule has 3 rings (SSSR count). The fourth-order valence-corrected chi connectivity index (χ4v) is 3.20. The molecule has 124 valence electrons. The Morgan fingerprint density at radius 1 is 1.25 bits per heavy atom. The zero-order valence-electron chi connectivity index (χ0n) is 13.4. The molecule has 0 spiro atoms. The number of carbonyl (C=O) groups is 2. The van der Waals surface area contributed by atoms with Crippen LogP contribution >= 0.6 is 0 Å². The molecule has 24 heavy (non-hydrogen) atoms. The molecular formula is C18H19N3O3. The molecule has 1 amide bonds. The summed E-state index contributed by atoms with van der Waals surface area (Å²) < 4.78 is 0. The zero-order chi connectivity index (χ0) is 17.3. The number of aromatic carboxylic acids is 1. The molecule has 1 saturated heterocycles. The summed E-state index contributed by atoms with van der Waals surface area (Å²) >= 11 is 0. The highest BCUT2D eigenvalue weighted by Gasteiger charge is 2.26. The van der Waals surface area contributed by atoms with E-state index < -0.39 is 11.9 Å². The van der Waals surface area contributed by atoms with E-state index in [9.17, 15) is 14.7 Å². The second-order valence-corrected chi connectivity index (χ2v) is 6.10. The molecular weight excluding hydrogens is 306 g/mol. The van der Waals surface area contributed by atoms with Crippen molar-refractivity contribution in [2.24, 2.45) is 5.73 Å². The maximum absolute atomic E-state index is 11.3. The molecule has 1 aromatic carbocycles. The third-order valence-electron chi connectivity index (χ3n) is 4.53. The van der Waals surface area contributed by atoms with Crippen LogP contribution in [0.3, 0.4) is 0 Å². The van der Waals surface area contributed by atoms with E-state index in [4.69, 9.17) is 5.73 Å². The first-order valence-electron chi connectivity index (χ1n) is 7.79. The Morgan fingerprint density at radius 3 is 2.75 bits per heavy atom. The third-order valence-corrected chi connectivity index (χ3v) is 4.53. The highest BCUT2D eigenvalue weighted by Crippen LogP contribution is 2.32. The van der Waals surface area contributed by atoms with Crippen LogP contribution in [-0.4, -0.2) is 35.1 Å². The molecule has 1 aliphatic heterocycles. The van der Waals surface area contributed by atoms with E-state index in [0.717, 1.165) is 36.3 Å². The van der Waals surface area contributed by atoms with Crippen LogP contribution in [-0.2, 0) is 0 Å². The third kappa shape index (κ3) is 3.08. The van der Waals surface area contributed by atoms with Crippen LogP contribution in [0, 0.1) is 6.92 Å². The lowest BCUT2D eigenvalue weighted by Gasteiger charge is -2.19. The lowest BCUT2D eigenvalue weighted by atomic mass is 9.92. The number of pyridine rings is 1. The summed E-state index contributed by atoms with van der Waals surface area (Å²) in [6.45, 7) is 3.58. The van der Waals surface area contributed by atoms with Gasteiger partial charge in [0, 0.05) is 25.2 Å². The van der Waals surface area contributed by atoms with Crippen molar-refractivity contribution in [3.8, 4) is 0 Å². The van der Waals surface area contributed by atoms with Gasteiger partial charge in [0.05, 0.1) is 23.0 Å². The molecule has 1 aromatic heterocycles. The topological polar surface area (TPSA) is 96.5 Å². The van der Waals surface area contributed by atoms with E-state index in [-0.39, 0.29) is 5.92 Å². The van der Waals surface area contributed by atoms with Gasteiger partial charge in [-0.3, -0.25) is 9.78 Å². The van der Waals surface area contributed by atoms with Crippen molar-refractivity contribution in [1.29, 1.82) is 0 Å². The normalized spacial score (nSPS) is 17.0. The molecule has 0 bridgehead atoms. The van der Waals surface area contributed by atoms with Crippen LogP contribution in [0.2, 0.25) is 0 Å². The largest absolute Gasteiger partial charge is 0.478 e. The fraction of sp³-hybridized carbons (Fsp3) is 0.278. The number of rotatable bonds is 4. The number of carbonyl (C=O) groups excluding carboxylic acids is 1. The Hall–Kier alpha value is -2.89. The summed E-state index contributed by atoms with van der Waals surface area (Å²) in [5.41, 5.74) is 9.03. The number of aryl methyl sites for hydroxylation is 1. The van der Waals surface area contributed by atoms with Gasteiger partial charge in [-0.1, -0.05) is 6.07 Å². The van der Waals surface area contributed by atoms with Crippen LogP contribution in [0.25, 0.3) is 0 Å². The van der Waals surface area contributed by atoms with Gasteiger partial charge in [-0.25, -0.2) is 4.79 Å². The Bertz CT molecular complexity index is 804. The number of hydrogen-bond donors (Lipinski definition) is 2. The van der Waals surface area contributed by atoms with Gasteiger partial charge < -0.3 is 15.7 Å². The molecule has 2 aromatic rings. The van der Waals surface area contributed by atoms with Crippen LogP contribution in [0.1, 0.15) is 44.2 Å². The molecule has 0 saturated carbocycles. The van der Waals surface area contributed by atoms with Crippen LogP contribution in [0.4, 0.5) is 5.69 Å². The van der Waals surface area contributed by atoms with Gasteiger partial charge in [0.2, 0.25) is 5.91 Å². The summed E-state index contributed by atoms with van der Waals surface area (Å²) in [6.07, 6.45) is 4.10. The van der Waals surface area contributed by atoms with Crippen LogP contribution < -0.4 is 10.6 Å². The van der Waals surface area contributed by atoms with E-state index in [2.05, 4.69) is 9.88 Å². The second kappa shape index (κ2) is 6.31. The first-order valence-corrected chi connectivity index (χ1v) is 7.79. The zero-order valence-corrected chi connectivity index (χ0v) is 13.4. The maximum atomic E-state index is 11.3. The summed E-state index contributed by atoms with van der Waals surface area (Å²) in [5, 5.41) is 9.19. The predicted octanol–water partition coefficient (Wildman–Crippen LogP) is 2.18. The summed E-state index contributed by atoms with van der Waals surface area (Å²) in [5.74, 6) is -1.16. The Kier molecular flexibility index (Phi) is 4.20. The number of nitrogens with two attached hydrogens (primary N) is 1. The highest BCUT2D eigenvalue weighted by molar-refractivity contribution is 5.93. The van der Waals surface area contributed by atoms with Crippen molar-refractivity contribution in [2.75, 3.05) is 18.0 Å². The monoisotopic (exact) mass is 325 g/mol. The number of aromatic nitrogens is 1. The molecule has 1 unspecified atom stereocenters. The molecule has 1 atom stereocenters. The Balaban J connectivity index is 1.83. The average molecular weight is 325 g/mol. The minimum Gasteiger partial charge on any atom is -0.478 e. The van der Waals surface area contributed by atoms with Gasteiger partial charge in [-0.05, 0) is 42.7 Å². The van der Waals surface area contributed by atoms with Gasteiger partial charge in [0.25, 0.3) is 0 Å². The molecule has 6 nitrogen and oxygen atoms in total. The van der Waals surface area contributed by atoms with Gasteiger partial charge in [-0.15, -0.1) is 0 Å². The van der Waals surface area contributed by atoms with Gasteiger partial charge in [-0.2, -0.15) is 0 Å². The lowest BCUT2D eigenvalue weighted by Crippen LogP contribution is -2.21. The number of benzene rings is 1. The van der Waals surface area contributed by atoms with E-state index in [0.29, 0.717) is 11.1 Å². The van der Waals surface area contributed by atoms with E-state index in [1.807, 2.05) is 13.0 Å². The summed E-state index contributed by atoms with van der Waals surface area (Å²) in [6, 6.07) is 7.01. The molecule has 6 heteroatoms. The minimum absolute atomic E-state index is 0.251. The van der Waals surface area contributed by atoms with E-state index in [1.165, 1.54) is 6.20 Å². The standard InChI is InChI=1S/C18H19N3O3/c1-11-2-3-12(18(23)24)7-16(11)13-4-5-21(10-13)15-6-14(17(19)22)8-20-9-15/h2-3,6-9,13H,4-5,10H2,1H3,(H2,19,22)(H,23,24). The second-order valence-electron chi connectivity index (χ2n) is 6.10. The number of anilines is 1. The Labute approximate surface area is 139 Å². The van der Waals surface area contributed by atoms with Crippen molar-refractivity contribution in [2.45, 2.75) is 19.3 Å².